The Bertz CT molecular complexity index is 1260. The molecule has 1 aliphatic carbocycles. The van der Waals surface area contributed by atoms with E-state index >= 15 is 0 Å². The lowest BCUT2D eigenvalue weighted by Gasteiger charge is -2.22. The van der Waals surface area contributed by atoms with Crippen LogP contribution in [0.1, 0.15) is 43.7 Å². The lowest BCUT2D eigenvalue weighted by atomic mass is 9.83. The molecule has 0 atom stereocenters. The highest BCUT2D eigenvalue weighted by Crippen LogP contribution is 2.38. The maximum Gasteiger partial charge on any atom is 0.157 e. The fraction of sp³-hybridized carbons (Fsp3) is 0.464. The molecule has 1 saturated carbocycles. The summed E-state index contributed by atoms with van der Waals surface area (Å²) in [7, 11) is 2.14. The van der Waals surface area contributed by atoms with Crippen LogP contribution in [0.25, 0.3) is 21.7 Å². The predicted molar refractivity (Wildman–Crippen MR) is 142 cm³/mol. The van der Waals surface area contributed by atoms with Crippen LogP contribution < -0.4 is 14.8 Å². The van der Waals surface area contributed by atoms with E-state index < -0.39 is 0 Å². The van der Waals surface area contributed by atoms with Crippen LogP contribution in [-0.2, 0) is 13.6 Å². The third kappa shape index (κ3) is 4.84. The van der Waals surface area contributed by atoms with Gasteiger partial charge in [0.05, 0.1) is 34.8 Å². The van der Waals surface area contributed by atoms with Gasteiger partial charge < -0.3 is 23.9 Å². The summed E-state index contributed by atoms with van der Waals surface area (Å²) >= 11 is 1.78. The van der Waals surface area contributed by atoms with Crippen molar-refractivity contribution in [2.75, 3.05) is 26.3 Å². The van der Waals surface area contributed by atoms with Gasteiger partial charge in [-0.3, -0.25) is 0 Å². The molecular weight excluding hydrogens is 456 g/mol. The molecule has 3 aromatic heterocycles. The van der Waals surface area contributed by atoms with Gasteiger partial charge in [0, 0.05) is 19.2 Å². The van der Waals surface area contributed by atoms with Crippen molar-refractivity contribution in [2.24, 2.45) is 13.0 Å². The highest BCUT2D eigenvalue weighted by atomic mass is 32.1. The van der Waals surface area contributed by atoms with Gasteiger partial charge in [-0.1, -0.05) is 6.42 Å². The summed E-state index contributed by atoms with van der Waals surface area (Å²) in [5.41, 5.74) is 3.67. The van der Waals surface area contributed by atoms with Gasteiger partial charge in [0.15, 0.2) is 5.82 Å². The molecule has 1 aliphatic heterocycles. The highest BCUT2D eigenvalue weighted by Gasteiger charge is 2.25. The van der Waals surface area contributed by atoms with Crippen LogP contribution in [-0.4, -0.2) is 40.4 Å². The minimum atomic E-state index is 0.599. The summed E-state index contributed by atoms with van der Waals surface area (Å²) in [6.07, 6.45) is 8.46. The fourth-order valence-electron chi connectivity index (χ4n) is 5.13. The van der Waals surface area contributed by atoms with Crippen molar-refractivity contribution in [3.63, 3.8) is 0 Å². The Morgan fingerprint density at radius 3 is 2.51 bits per heavy atom. The second-order valence-electron chi connectivity index (χ2n) is 9.89. The fourth-order valence-corrected chi connectivity index (χ4v) is 5.98. The van der Waals surface area contributed by atoms with Crippen LogP contribution in [0.5, 0.6) is 11.5 Å². The van der Waals surface area contributed by atoms with E-state index in [2.05, 4.69) is 45.2 Å². The van der Waals surface area contributed by atoms with E-state index in [4.69, 9.17) is 14.5 Å². The predicted octanol–water partition coefficient (Wildman–Crippen LogP) is 5.83. The van der Waals surface area contributed by atoms with Gasteiger partial charge in [0.2, 0.25) is 0 Å². The van der Waals surface area contributed by atoms with Crippen molar-refractivity contribution in [3.8, 4) is 23.0 Å². The number of hydrogen-bond acceptors (Lipinski definition) is 5. The van der Waals surface area contributed by atoms with Gasteiger partial charge in [-0.15, -0.1) is 11.3 Å². The van der Waals surface area contributed by atoms with E-state index in [1.165, 1.54) is 53.7 Å². The number of hydrogen-bond donors (Lipinski definition) is 1. The quantitative estimate of drug-likeness (QED) is 0.321. The number of aryl methyl sites for hydroxylation is 1. The van der Waals surface area contributed by atoms with Gasteiger partial charge in [-0.25, -0.2) is 4.98 Å². The van der Waals surface area contributed by atoms with Crippen LogP contribution in [0.3, 0.4) is 0 Å². The van der Waals surface area contributed by atoms with Crippen LogP contribution >= 0.6 is 11.3 Å². The van der Waals surface area contributed by atoms with Gasteiger partial charge in [0.25, 0.3) is 0 Å². The zero-order chi connectivity index (χ0) is 23.6. The monoisotopic (exact) mass is 490 g/mol. The molecule has 0 amide bonds. The van der Waals surface area contributed by atoms with Gasteiger partial charge >= 0.3 is 0 Å². The van der Waals surface area contributed by atoms with Crippen molar-refractivity contribution < 1.29 is 9.47 Å². The molecule has 4 heterocycles. The van der Waals surface area contributed by atoms with Crippen molar-refractivity contribution in [1.29, 1.82) is 0 Å². The van der Waals surface area contributed by atoms with Crippen molar-refractivity contribution >= 4 is 21.6 Å². The average molecular weight is 491 g/mol. The molecule has 35 heavy (non-hydrogen) atoms. The number of fused-ring (bicyclic) bond motifs is 1. The third-order valence-corrected chi connectivity index (χ3v) is 8.43. The molecule has 2 aliphatic rings. The summed E-state index contributed by atoms with van der Waals surface area (Å²) in [6, 6.07) is 12.5. The first kappa shape index (κ1) is 22.7. The Hall–Kier alpha value is -2.77. The Morgan fingerprint density at radius 1 is 1.03 bits per heavy atom. The number of benzene rings is 1. The zero-order valence-corrected chi connectivity index (χ0v) is 21.2. The number of rotatable bonds is 9. The molecule has 0 unspecified atom stereocenters. The molecule has 4 aromatic rings. The Morgan fingerprint density at radius 2 is 1.80 bits per heavy atom. The molecule has 0 spiro atoms. The van der Waals surface area contributed by atoms with E-state index in [9.17, 15) is 0 Å². The number of nitrogens with one attached hydrogen (secondary N) is 1. The van der Waals surface area contributed by atoms with E-state index in [-0.39, 0.29) is 0 Å². The van der Waals surface area contributed by atoms with Crippen molar-refractivity contribution in [3.05, 3.63) is 53.7 Å². The average Bonchev–Trinajstić information content (AvgIpc) is 3.55. The molecule has 1 saturated heterocycles. The molecule has 7 heteroatoms. The minimum absolute atomic E-state index is 0.599. The van der Waals surface area contributed by atoms with Gasteiger partial charge in [-0.05, 0) is 86.5 Å². The number of nitrogens with zero attached hydrogens (tertiary/aromatic N) is 3. The van der Waals surface area contributed by atoms with Gasteiger partial charge in [-0.2, -0.15) is 0 Å². The minimum Gasteiger partial charge on any atom is -0.493 e. The normalized spacial score (nSPS) is 17.1. The lowest BCUT2D eigenvalue weighted by Crippen LogP contribution is -2.30. The second kappa shape index (κ2) is 10.1. The molecular formula is C28H34N4O2S. The van der Waals surface area contributed by atoms with Gasteiger partial charge in [0.1, 0.15) is 18.1 Å². The molecule has 0 bridgehead atoms. The number of imidazole rings is 1. The summed E-state index contributed by atoms with van der Waals surface area (Å²) in [4.78, 5) is 5.11. The van der Waals surface area contributed by atoms with Crippen molar-refractivity contribution in [1.82, 2.24) is 19.4 Å². The molecule has 184 valence electrons. The van der Waals surface area contributed by atoms with Crippen LogP contribution in [0.15, 0.2) is 48.0 Å². The lowest BCUT2D eigenvalue weighted by molar-refractivity contribution is 0.215. The largest absolute Gasteiger partial charge is 0.493 e. The first-order valence-corrected chi connectivity index (χ1v) is 13.8. The molecule has 6 nitrogen and oxygen atoms in total. The van der Waals surface area contributed by atoms with E-state index in [1.54, 1.807) is 11.3 Å². The first-order valence-electron chi connectivity index (χ1n) is 12.9. The van der Waals surface area contributed by atoms with Crippen LogP contribution in [0, 0.1) is 5.92 Å². The Balaban J connectivity index is 1.10. The number of thiophene rings is 1. The summed E-state index contributed by atoms with van der Waals surface area (Å²) in [6.45, 7) is 4.36. The summed E-state index contributed by atoms with van der Waals surface area (Å²) in [5.74, 6) is 4.10. The smallest absolute Gasteiger partial charge is 0.157 e. The van der Waals surface area contributed by atoms with Crippen LogP contribution in [0.4, 0.5) is 0 Å². The zero-order valence-electron chi connectivity index (χ0n) is 20.4. The first-order chi connectivity index (χ1) is 17.2. The molecule has 2 fully saturated rings. The molecule has 0 radical (unpaired) electrons. The maximum absolute atomic E-state index is 6.12. The van der Waals surface area contributed by atoms with E-state index in [0.29, 0.717) is 18.4 Å². The molecule has 6 rings (SSSR count). The number of piperidine rings is 1. The Kier molecular flexibility index (Phi) is 6.53. The van der Waals surface area contributed by atoms with Crippen LogP contribution in [0.2, 0.25) is 0 Å². The summed E-state index contributed by atoms with van der Waals surface area (Å²) < 4.78 is 18.0. The second-order valence-corrected chi connectivity index (χ2v) is 10.8. The van der Waals surface area contributed by atoms with E-state index in [1.807, 2.05) is 24.3 Å². The Labute approximate surface area is 210 Å². The number of ether oxygens (including phenoxy) is 2. The van der Waals surface area contributed by atoms with E-state index in [0.717, 1.165) is 43.6 Å². The highest BCUT2D eigenvalue weighted by molar-refractivity contribution is 7.17. The summed E-state index contributed by atoms with van der Waals surface area (Å²) in [5, 5.41) is 5.56. The molecule has 1 N–H and O–H groups in total. The number of aromatic nitrogens is 3. The SMILES string of the molecule is Cn1c(-c2nc(C3CCC3)cn2CCOc2ccc(OCC3CCNCC3)cc2)cc2sccc21. The maximum atomic E-state index is 6.12. The third-order valence-electron chi connectivity index (χ3n) is 7.58. The molecule has 1 aromatic carbocycles. The standard InChI is InChI=1S/C28H34N4O2S/c1-31-25-11-16-35-27(25)17-26(31)28-30-24(21-3-2-4-21)18-32(28)14-15-33-22-5-7-23(8-6-22)34-19-20-9-12-29-13-10-20/h5-8,11,16-18,20-21,29H,2-4,9-10,12-15,19H2,1H3. The topological polar surface area (TPSA) is 53.2 Å². The van der Waals surface area contributed by atoms with Crippen molar-refractivity contribution in [2.45, 2.75) is 44.6 Å².